The number of fused-ring (bicyclic) bond motifs is 3. The maximum atomic E-state index is 8.92. The van der Waals surface area contributed by atoms with Crippen molar-refractivity contribution in [2.75, 3.05) is 0 Å². The molecule has 3 aromatic carbocycles. The van der Waals surface area contributed by atoms with Gasteiger partial charge in [0, 0.05) is 50.4 Å². The van der Waals surface area contributed by atoms with Gasteiger partial charge in [0.2, 0.25) is 5.71 Å². The van der Waals surface area contributed by atoms with E-state index in [0.717, 1.165) is 22.2 Å². The van der Waals surface area contributed by atoms with Gasteiger partial charge in [-0.3, -0.25) is 0 Å². The average molecular weight is 785 g/mol. The molecule has 0 aliphatic heterocycles. The molecular weight excluding hydrogens is 743 g/mol. The van der Waals surface area contributed by atoms with Gasteiger partial charge < -0.3 is 14.4 Å². The molecule has 233 valence electrons. The number of aryl methyl sites for hydroxylation is 4. The number of rotatable bonds is 5. The third kappa shape index (κ3) is 7.17. The fourth-order valence-corrected chi connectivity index (χ4v) is 5.16. The first-order chi connectivity index (χ1) is 23.7. The maximum absolute atomic E-state index is 8.92. The topological polar surface area (TPSA) is 51.8 Å². The maximum Gasteiger partial charge on any atom is 0.216 e. The Labute approximate surface area is 292 Å². The zero-order valence-electron chi connectivity index (χ0n) is 31.4. The van der Waals surface area contributed by atoms with E-state index < -0.39 is 18.6 Å². The van der Waals surface area contributed by atoms with Gasteiger partial charge in [-0.25, -0.2) is 4.98 Å². The minimum atomic E-state index is -2.33. The van der Waals surface area contributed by atoms with Crippen molar-refractivity contribution in [3.63, 3.8) is 0 Å². The Kier molecular flexibility index (Phi) is 8.09. The Bertz CT molecular complexity index is 2300. The van der Waals surface area contributed by atoms with Crippen molar-refractivity contribution in [1.82, 2.24) is 15.0 Å². The third-order valence-electron chi connectivity index (χ3n) is 7.88. The molecule has 0 aliphatic carbocycles. The fraction of sp³-hybridized carbons (Fsp3) is 0.195. The SMILES string of the molecule is Cc1c[c-]c(-c2cc(C)c(C)cn2)cc1.[2H]C([2H])([2H])c1ccc2c(n1)oc1c(-c3cc(C(C)(C)C([2H])([2H])c4ccccc4)ccn3)[c-]ccc12.[Ir]. The number of hydrogen-bond acceptors (Lipinski definition) is 4. The Morgan fingerprint density at radius 3 is 2.41 bits per heavy atom. The zero-order chi connectivity index (χ0) is 35.8. The number of aromatic nitrogens is 3. The number of benzene rings is 3. The number of pyridine rings is 3. The van der Waals surface area contributed by atoms with Crippen molar-refractivity contribution in [2.45, 2.75) is 53.3 Å². The van der Waals surface area contributed by atoms with Gasteiger partial charge >= 0.3 is 0 Å². The molecule has 0 bridgehead atoms. The van der Waals surface area contributed by atoms with Crippen molar-refractivity contribution in [3.05, 3.63) is 149 Å². The van der Waals surface area contributed by atoms with E-state index in [0.29, 0.717) is 27.8 Å². The van der Waals surface area contributed by atoms with Gasteiger partial charge in [-0.1, -0.05) is 79.7 Å². The van der Waals surface area contributed by atoms with Crippen molar-refractivity contribution in [1.29, 1.82) is 0 Å². The van der Waals surface area contributed by atoms with E-state index in [1.807, 2.05) is 62.5 Å². The zero-order valence-corrected chi connectivity index (χ0v) is 28.8. The predicted octanol–water partition coefficient (Wildman–Crippen LogP) is 10.1. The van der Waals surface area contributed by atoms with Gasteiger partial charge in [0.05, 0.1) is 5.58 Å². The fourth-order valence-electron chi connectivity index (χ4n) is 5.16. The first kappa shape index (κ1) is 26.7. The molecule has 0 aliphatic rings. The Morgan fingerprint density at radius 2 is 1.67 bits per heavy atom. The summed E-state index contributed by atoms with van der Waals surface area (Å²) < 4.78 is 46.8. The van der Waals surface area contributed by atoms with Crippen LogP contribution in [0, 0.1) is 39.8 Å². The predicted molar refractivity (Wildman–Crippen MR) is 184 cm³/mol. The number of nitrogens with zero attached hydrogens (tertiary/aromatic N) is 3. The van der Waals surface area contributed by atoms with Crippen LogP contribution in [0.3, 0.4) is 0 Å². The normalized spacial score (nSPS) is 13.4. The van der Waals surface area contributed by atoms with Crippen LogP contribution in [0.25, 0.3) is 44.6 Å². The van der Waals surface area contributed by atoms with Gasteiger partial charge in [-0.05, 0) is 78.8 Å². The van der Waals surface area contributed by atoms with E-state index in [9.17, 15) is 0 Å². The Morgan fingerprint density at radius 1 is 0.848 bits per heavy atom. The van der Waals surface area contributed by atoms with E-state index in [1.54, 1.807) is 30.5 Å². The van der Waals surface area contributed by atoms with Crippen LogP contribution < -0.4 is 0 Å². The van der Waals surface area contributed by atoms with Crippen LogP contribution in [0.15, 0.2) is 108 Å². The Balaban J connectivity index is 0.000000264. The van der Waals surface area contributed by atoms with Crippen molar-refractivity contribution in [3.8, 4) is 22.5 Å². The van der Waals surface area contributed by atoms with Crippen LogP contribution >= 0.6 is 0 Å². The van der Waals surface area contributed by atoms with Crippen LogP contribution in [-0.2, 0) is 31.9 Å². The van der Waals surface area contributed by atoms with Crippen molar-refractivity contribution in [2.24, 2.45) is 0 Å². The van der Waals surface area contributed by atoms with E-state index in [-0.39, 0.29) is 31.5 Å². The van der Waals surface area contributed by atoms with Gasteiger partial charge in [0.25, 0.3) is 0 Å². The summed E-state index contributed by atoms with van der Waals surface area (Å²) in [7, 11) is 0. The molecular formula is C41H37IrN3O-2. The average Bonchev–Trinajstić information content (AvgIpc) is 3.48. The number of furan rings is 1. The van der Waals surface area contributed by atoms with Gasteiger partial charge in [0.15, 0.2) is 0 Å². The molecule has 4 nitrogen and oxygen atoms in total. The largest absolute Gasteiger partial charge is 0.486 e. The first-order valence-corrected chi connectivity index (χ1v) is 14.9. The van der Waals surface area contributed by atoms with Crippen LogP contribution in [0.4, 0.5) is 0 Å². The molecule has 1 radical (unpaired) electrons. The molecule has 0 N–H and O–H groups in total. The van der Waals surface area contributed by atoms with E-state index in [4.69, 9.17) is 11.3 Å². The summed E-state index contributed by atoms with van der Waals surface area (Å²) in [5.74, 6) is 0. The van der Waals surface area contributed by atoms with Crippen molar-refractivity contribution >= 4 is 22.1 Å². The smallest absolute Gasteiger partial charge is 0.216 e. The first-order valence-electron chi connectivity index (χ1n) is 17.4. The molecule has 0 spiro atoms. The minimum Gasteiger partial charge on any atom is -0.486 e. The molecule has 0 fully saturated rings. The molecule has 0 amide bonds. The van der Waals surface area contributed by atoms with Gasteiger partial charge in [-0.2, -0.15) is 0 Å². The molecule has 7 aromatic rings. The molecule has 0 unspecified atom stereocenters. The van der Waals surface area contributed by atoms with Gasteiger partial charge in [-0.15, -0.1) is 53.6 Å². The van der Waals surface area contributed by atoms with Crippen LogP contribution in [0.5, 0.6) is 0 Å². The monoisotopic (exact) mass is 785 g/mol. The van der Waals surface area contributed by atoms with Crippen LogP contribution in [0.2, 0.25) is 0 Å². The second kappa shape index (κ2) is 13.9. The second-order valence-electron chi connectivity index (χ2n) is 11.7. The molecule has 4 aromatic heterocycles. The quantitative estimate of drug-likeness (QED) is 0.163. The second-order valence-corrected chi connectivity index (χ2v) is 11.7. The molecule has 0 saturated carbocycles. The van der Waals surface area contributed by atoms with Crippen LogP contribution in [0.1, 0.15) is 54.2 Å². The summed E-state index contributed by atoms with van der Waals surface area (Å²) >= 11 is 0. The molecule has 7 rings (SSSR count). The summed E-state index contributed by atoms with van der Waals surface area (Å²) in [5, 5.41) is 1.49. The summed E-state index contributed by atoms with van der Waals surface area (Å²) in [6.45, 7) is 7.67. The van der Waals surface area contributed by atoms with Crippen LogP contribution in [-0.4, -0.2) is 15.0 Å². The molecule has 0 atom stereocenters. The summed E-state index contributed by atoms with van der Waals surface area (Å²) in [6, 6.07) is 34.3. The molecule has 46 heavy (non-hydrogen) atoms. The molecule has 0 saturated heterocycles. The van der Waals surface area contributed by atoms with Gasteiger partial charge in [0.1, 0.15) is 0 Å². The third-order valence-corrected chi connectivity index (χ3v) is 7.88. The minimum absolute atomic E-state index is 0. The summed E-state index contributed by atoms with van der Waals surface area (Å²) in [4.78, 5) is 13.2. The van der Waals surface area contributed by atoms with E-state index in [2.05, 4.69) is 66.1 Å². The van der Waals surface area contributed by atoms with E-state index in [1.165, 1.54) is 22.8 Å². The standard InChI is InChI=1S/C27H23N2O.C14H14N.Ir/c1-18-12-13-22-21-10-7-11-23(25(21)30-26(22)29-18)24-16-20(14-15-28-24)27(2,3)17-19-8-5-4-6-9-19;1-10-4-6-13(7-5-10)14-8-11(2)12(3)9-15-14;/h4-10,12-16H,17H2,1-3H3;4-6,8-9H,1-3H3;/q2*-1;/i1D3,17D2;;. The number of hydrogen-bond donors (Lipinski definition) is 0. The summed E-state index contributed by atoms with van der Waals surface area (Å²) in [6.07, 6.45) is 1.93. The Hall–Kier alpha value is -4.44. The summed E-state index contributed by atoms with van der Waals surface area (Å²) in [5.41, 5.74) is 8.20. The van der Waals surface area contributed by atoms with Crippen molar-refractivity contribution < 1.29 is 31.4 Å². The van der Waals surface area contributed by atoms with E-state index >= 15 is 0 Å². The molecule has 5 heteroatoms. The molecule has 4 heterocycles.